The molecular weight excluding hydrogens is 388 g/mol. The lowest BCUT2D eigenvalue weighted by atomic mass is 9.79. The van der Waals surface area contributed by atoms with Crippen molar-refractivity contribution >= 4 is 28.3 Å². The van der Waals surface area contributed by atoms with Gasteiger partial charge in [-0.3, -0.25) is 4.79 Å². The van der Waals surface area contributed by atoms with Crippen molar-refractivity contribution in [1.82, 2.24) is 9.62 Å². The third-order valence-electron chi connectivity index (χ3n) is 4.50. The van der Waals surface area contributed by atoms with Crippen LogP contribution in [-0.4, -0.2) is 44.9 Å². The molecule has 1 fully saturated rings. The second-order valence-electron chi connectivity index (χ2n) is 6.92. The summed E-state index contributed by atoms with van der Waals surface area (Å²) in [6, 6.07) is 2.34. The molecule has 10 heteroatoms. The first-order valence-electron chi connectivity index (χ1n) is 8.01. The molecule has 1 heterocycles. The van der Waals surface area contributed by atoms with E-state index in [-0.39, 0.29) is 47.6 Å². The van der Waals surface area contributed by atoms with Crippen molar-refractivity contribution < 1.29 is 22.0 Å². The van der Waals surface area contributed by atoms with Gasteiger partial charge in [0.2, 0.25) is 15.9 Å². The Balaban J connectivity index is 0.00000338. The topological polar surface area (TPSA) is 92.5 Å². The lowest BCUT2D eigenvalue weighted by Crippen LogP contribution is -2.54. The van der Waals surface area contributed by atoms with Crippen LogP contribution in [-0.2, 0) is 14.8 Å². The number of sulfonamides is 1. The van der Waals surface area contributed by atoms with Gasteiger partial charge in [-0.25, -0.2) is 21.9 Å². The fourth-order valence-electron chi connectivity index (χ4n) is 2.76. The van der Waals surface area contributed by atoms with Gasteiger partial charge in [-0.2, -0.15) is 0 Å². The molecule has 3 N–H and O–H groups in total. The fourth-order valence-corrected chi connectivity index (χ4v) is 3.81. The van der Waals surface area contributed by atoms with Crippen molar-refractivity contribution in [1.29, 1.82) is 0 Å². The molecule has 0 aromatic heterocycles. The van der Waals surface area contributed by atoms with Gasteiger partial charge in [0.05, 0.1) is 4.90 Å². The van der Waals surface area contributed by atoms with E-state index >= 15 is 0 Å². The molecule has 0 saturated carbocycles. The Hall–Kier alpha value is -1.29. The number of hydrogen-bond donors (Lipinski definition) is 2. The predicted molar refractivity (Wildman–Crippen MR) is 96.4 cm³/mol. The molecule has 26 heavy (non-hydrogen) atoms. The number of carbonyl (C=O) groups excluding carboxylic acids is 1. The van der Waals surface area contributed by atoms with Crippen LogP contribution in [0.2, 0.25) is 0 Å². The average molecular weight is 412 g/mol. The van der Waals surface area contributed by atoms with Crippen molar-refractivity contribution in [2.75, 3.05) is 19.6 Å². The quantitative estimate of drug-likeness (QED) is 0.770. The molecule has 0 bridgehead atoms. The van der Waals surface area contributed by atoms with E-state index in [1.807, 2.05) is 13.8 Å². The molecule has 6 nitrogen and oxygen atoms in total. The summed E-state index contributed by atoms with van der Waals surface area (Å²) in [6.45, 7) is 4.91. The summed E-state index contributed by atoms with van der Waals surface area (Å²) in [7, 11) is -4.00. The summed E-state index contributed by atoms with van der Waals surface area (Å²) >= 11 is 0. The summed E-state index contributed by atoms with van der Waals surface area (Å²) < 4.78 is 52.4. The van der Waals surface area contributed by atoms with E-state index in [2.05, 4.69) is 4.72 Å². The van der Waals surface area contributed by atoms with Crippen LogP contribution >= 0.6 is 12.4 Å². The van der Waals surface area contributed by atoms with Gasteiger partial charge in [0, 0.05) is 32.1 Å². The molecule has 1 amide bonds. The van der Waals surface area contributed by atoms with E-state index in [0.29, 0.717) is 25.6 Å². The molecule has 148 valence electrons. The summed E-state index contributed by atoms with van der Waals surface area (Å²) in [5.41, 5.74) is 5.84. The number of piperidine rings is 1. The van der Waals surface area contributed by atoms with Crippen LogP contribution in [0.3, 0.4) is 0 Å². The summed E-state index contributed by atoms with van der Waals surface area (Å²) in [4.78, 5) is 13.5. The lowest BCUT2D eigenvalue weighted by molar-refractivity contribution is -0.134. The number of rotatable bonds is 5. The molecule has 1 aliphatic rings. The molecule has 0 radical (unpaired) electrons. The van der Waals surface area contributed by atoms with E-state index in [0.717, 1.165) is 12.1 Å². The van der Waals surface area contributed by atoms with Gasteiger partial charge in [-0.1, -0.05) is 13.8 Å². The summed E-state index contributed by atoms with van der Waals surface area (Å²) in [6.07, 6.45) is 0.674. The maximum atomic E-state index is 13.2. The second-order valence-corrected chi connectivity index (χ2v) is 8.69. The van der Waals surface area contributed by atoms with Crippen molar-refractivity contribution in [3.63, 3.8) is 0 Å². The number of amides is 1. The molecule has 1 aromatic rings. The largest absolute Gasteiger partial charge is 0.342 e. The Labute approximate surface area is 158 Å². The maximum absolute atomic E-state index is 13.2. The Kier molecular flexibility index (Phi) is 7.52. The second kappa shape index (κ2) is 8.60. The normalized spacial score (nSPS) is 19.7. The van der Waals surface area contributed by atoms with E-state index in [4.69, 9.17) is 5.73 Å². The van der Waals surface area contributed by atoms with Gasteiger partial charge in [0.15, 0.2) is 11.6 Å². The van der Waals surface area contributed by atoms with Gasteiger partial charge in [0.1, 0.15) is 0 Å². The van der Waals surface area contributed by atoms with Gasteiger partial charge in [-0.05, 0) is 30.0 Å². The first-order chi connectivity index (χ1) is 11.5. The lowest BCUT2D eigenvalue weighted by Gasteiger charge is -2.42. The van der Waals surface area contributed by atoms with Crippen LogP contribution < -0.4 is 10.5 Å². The Morgan fingerprint density at radius 2 is 2.00 bits per heavy atom. The molecule has 1 unspecified atom stereocenters. The maximum Gasteiger partial charge on any atom is 0.240 e. The number of hydrogen-bond acceptors (Lipinski definition) is 4. The number of nitrogens with zero attached hydrogens (tertiary/aromatic N) is 1. The zero-order chi connectivity index (χ0) is 18.8. The zero-order valence-electron chi connectivity index (χ0n) is 14.7. The Morgan fingerprint density at radius 1 is 1.35 bits per heavy atom. The highest BCUT2D eigenvalue weighted by Gasteiger charge is 2.35. The average Bonchev–Trinajstić information content (AvgIpc) is 2.52. The van der Waals surface area contributed by atoms with E-state index in [9.17, 15) is 22.0 Å². The minimum Gasteiger partial charge on any atom is -0.342 e. The van der Waals surface area contributed by atoms with Crippen LogP contribution in [0.1, 0.15) is 26.7 Å². The standard InChI is InChI=1S/C16H23F2N3O3S.ClH/c1-16(2)10-21(8-6-14(16)19)15(22)5-7-20-25(23,24)11-3-4-12(17)13(18)9-11;/h3-4,9,14,20H,5-8,10,19H2,1-2H3;1H. The molecule has 2 rings (SSSR count). The van der Waals surface area contributed by atoms with E-state index in [1.54, 1.807) is 4.90 Å². The van der Waals surface area contributed by atoms with Crippen LogP contribution in [0.15, 0.2) is 23.1 Å². The van der Waals surface area contributed by atoms with Gasteiger partial charge < -0.3 is 10.6 Å². The first kappa shape index (κ1) is 22.8. The molecule has 1 aromatic carbocycles. The van der Waals surface area contributed by atoms with Crippen molar-refractivity contribution in [2.45, 2.75) is 37.6 Å². The summed E-state index contributed by atoms with van der Waals surface area (Å²) in [5, 5.41) is 0. The molecule has 0 spiro atoms. The fraction of sp³-hybridized carbons (Fsp3) is 0.562. The van der Waals surface area contributed by atoms with Gasteiger partial charge in [0.25, 0.3) is 0 Å². The highest BCUT2D eigenvalue weighted by Crippen LogP contribution is 2.27. The highest BCUT2D eigenvalue weighted by atomic mass is 35.5. The van der Waals surface area contributed by atoms with Crippen molar-refractivity contribution in [3.05, 3.63) is 29.8 Å². The van der Waals surface area contributed by atoms with Crippen LogP contribution in [0.5, 0.6) is 0 Å². The van der Waals surface area contributed by atoms with Crippen molar-refractivity contribution in [2.24, 2.45) is 11.1 Å². The SMILES string of the molecule is CC1(C)CN(C(=O)CCNS(=O)(=O)c2ccc(F)c(F)c2)CCC1N.Cl. The third-order valence-corrected chi connectivity index (χ3v) is 5.96. The Bertz CT molecular complexity index is 759. The first-order valence-corrected chi connectivity index (χ1v) is 9.49. The molecule has 1 atom stereocenters. The van der Waals surface area contributed by atoms with E-state index in [1.165, 1.54) is 0 Å². The highest BCUT2D eigenvalue weighted by molar-refractivity contribution is 7.89. The van der Waals surface area contributed by atoms with Gasteiger partial charge >= 0.3 is 0 Å². The van der Waals surface area contributed by atoms with Crippen LogP contribution in [0.4, 0.5) is 8.78 Å². The summed E-state index contributed by atoms with van der Waals surface area (Å²) in [5.74, 6) is -2.54. The zero-order valence-corrected chi connectivity index (χ0v) is 16.3. The number of halogens is 3. The smallest absolute Gasteiger partial charge is 0.240 e. The monoisotopic (exact) mass is 411 g/mol. The number of nitrogens with two attached hydrogens (primary N) is 1. The minimum absolute atomic E-state index is 0. The minimum atomic E-state index is -4.00. The Morgan fingerprint density at radius 3 is 2.58 bits per heavy atom. The van der Waals surface area contributed by atoms with Crippen LogP contribution in [0, 0.1) is 17.0 Å². The van der Waals surface area contributed by atoms with E-state index < -0.39 is 21.7 Å². The van der Waals surface area contributed by atoms with Crippen molar-refractivity contribution in [3.8, 4) is 0 Å². The molecular formula is C16H24ClF2N3O3S. The third kappa shape index (κ3) is 5.35. The predicted octanol–water partition coefficient (Wildman–Crippen LogP) is 1.64. The number of carbonyl (C=O) groups is 1. The van der Waals surface area contributed by atoms with Gasteiger partial charge in [-0.15, -0.1) is 12.4 Å². The number of nitrogens with one attached hydrogen (secondary N) is 1. The molecule has 0 aliphatic carbocycles. The number of benzene rings is 1. The number of likely N-dealkylation sites (tertiary alicyclic amines) is 1. The molecule has 1 saturated heterocycles. The molecule has 1 aliphatic heterocycles. The van der Waals surface area contributed by atoms with Crippen LogP contribution in [0.25, 0.3) is 0 Å².